The molecule has 0 aromatic heterocycles. The molecule has 2 aliphatic rings. The van der Waals surface area contributed by atoms with Crippen LogP contribution in [0.2, 0.25) is 0 Å². The number of anilines is 1. The van der Waals surface area contributed by atoms with Gasteiger partial charge in [0.2, 0.25) is 11.8 Å². The minimum atomic E-state index is 0.0750. The highest BCUT2D eigenvalue weighted by molar-refractivity contribution is 5.80. The molecule has 26 heavy (non-hydrogen) atoms. The Morgan fingerprint density at radius 3 is 2.38 bits per heavy atom. The maximum Gasteiger partial charge on any atom is 0.225 e. The van der Waals surface area contributed by atoms with E-state index < -0.39 is 0 Å². The zero-order chi connectivity index (χ0) is 18.7. The Kier molecular flexibility index (Phi) is 5.84. The smallest absolute Gasteiger partial charge is 0.225 e. The van der Waals surface area contributed by atoms with Crippen molar-refractivity contribution in [1.29, 1.82) is 0 Å². The first-order valence-electron chi connectivity index (χ1n) is 9.82. The van der Waals surface area contributed by atoms with Crippen LogP contribution in [0.15, 0.2) is 18.2 Å². The van der Waals surface area contributed by atoms with Crippen LogP contribution in [-0.4, -0.2) is 53.8 Å². The molecule has 142 valence electrons. The van der Waals surface area contributed by atoms with Crippen molar-refractivity contribution >= 4 is 17.5 Å². The van der Waals surface area contributed by atoms with Gasteiger partial charge < -0.3 is 15.1 Å². The van der Waals surface area contributed by atoms with Gasteiger partial charge in [-0.1, -0.05) is 6.07 Å². The van der Waals surface area contributed by atoms with Crippen molar-refractivity contribution in [2.75, 3.05) is 31.5 Å². The van der Waals surface area contributed by atoms with E-state index in [1.807, 2.05) is 9.80 Å². The molecule has 1 aromatic carbocycles. The number of aryl methyl sites for hydroxylation is 2. The van der Waals surface area contributed by atoms with Crippen molar-refractivity contribution in [3.05, 3.63) is 29.3 Å². The van der Waals surface area contributed by atoms with Crippen LogP contribution in [0.1, 0.15) is 43.7 Å². The second kappa shape index (κ2) is 8.11. The molecule has 2 aliphatic heterocycles. The summed E-state index contributed by atoms with van der Waals surface area (Å²) in [5.41, 5.74) is 3.73. The first-order valence-corrected chi connectivity index (χ1v) is 9.82. The normalized spacial score (nSPS) is 21.6. The Morgan fingerprint density at radius 1 is 1.00 bits per heavy atom. The number of piperidine rings is 2. The molecule has 1 atom stereocenters. The van der Waals surface area contributed by atoms with Gasteiger partial charge in [-0.25, -0.2) is 0 Å². The van der Waals surface area contributed by atoms with Gasteiger partial charge in [-0.05, 0) is 62.8 Å². The van der Waals surface area contributed by atoms with Crippen molar-refractivity contribution in [1.82, 2.24) is 9.80 Å². The number of rotatable bonds is 3. The highest BCUT2D eigenvalue weighted by Crippen LogP contribution is 2.24. The second-order valence-electron chi connectivity index (χ2n) is 7.85. The maximum atomic E-state index is 12.9. The molecule has 1 aromatic rings. The third-order valence-corrected chi connectivity index (χ3v) is 5.90. The number of hydrogen-bond acceptors (Lipinski definition) is 3. The monoisotopic (exact) mass is 357 g/mol. The van der Waals surface area contributed by atoms with Crippen LogP contribution in [-0.2, 0) is 9.59 Å². The molecule has 0 bridgehead atoms. The summed E-state index contributed by atoms with van der Waals surface area (Å²) in [7, 11) is 0. The number of nitrogens with one attached hydrogen (secondary N) is 1. The summed E-state index contributed by atoms with van der Waals surface area (Å²) < 4.78 is 0. The van der Waals surface area contributed by atoms with E-state index in [1.54, 1.807) is 6.92 Å². The number of benzene rings is 1. The topological polar surface area (TPSA) is 52.7 Å². The Balaban J connectivity index is 1.55. The highest BCUT2D eigenvalue weighted by atomic mass is 16.2. The molecule has 0 spiro atoms. The van der Waals surface area contributed by atoms with Crippen LogP contribution < -0.4 is 5.32 Å². The Morgan fingerprint density at radius 2 is 1.73 bits per heavy atom. The molecule has 2 amide bonds. The van der Waals surface area contributed by atoms with E-state index in [1.165, 1.54) is 11.1 Å². The van der Waals surface area contributed by atoms with Gasteiger partial charge in [-0.2, -0.15) is 0 Å². The van der Waals surface area contributed by atoms with Crippen molar-refractivity contribution in [2.24, 2.45) is 5.92 Å². The number of amides is 2. The van der Waals surface area contributed by atoms with Crippen LogP contribution in [0.5, 0.6) is 0 Å². The second-order valence-corrected chi connectivity index (χ2v) is 7.85. The fourth-order valence-corrected chi connectivity index (χ4v) is 4.06. The van der Waals surface area contributed by atoms with Crippen molar-refractivity contribution in [2.45, 2.75) is 52.5 Å². The summed E-state index contributed by atoms with van der Waals surface area (Å²) in [6.07, 6.45) is 3.73. The predicted octanol–water partition coefficient (Wildman–Crippen LogP) is 2.96. The van der Waals surface area contributed by atoms with Gasteiger partial charge >= 0.3 is 0 Å². The molecule has 1 N–H and O–H groups in total. The Bertz CT molecular complexity index is 665. The van der Waals surface area contributed by atoms with Gasteiger partial charge in [-0.15, -0.1) is 0 Å². The first-order chi connectivity index (χ1) is 12.4. The van der Waals surface area contributed by atoms with E-state index in [2.05, 4.69) is 37.4 Å². The Hall–Kier alpha value is -2.04. The van der Waals surface area contributed by atoms with E-state index in [4.69, 9.17) is 0 Å². The summed E-state index contributed by atoms with van der Waals surface area (Å²) >= 11 is 0. The largest absolute Gasteiger partial charge is 0.381 e. The summed E-state index contributed by atoms with van der Waals surface area (Å²) in [5, 5.41) is 3.61. The lowest BCUT2D eigenvalue weighted by molar-refractivity contribution is -0.140. The lowest BCUT2D eigenvalue weighted by atomic mass is 9.93. The van der Waals surface area contributed by atoms with Crippen LogP contribution in [0.3, 0.4) is 0 Å². The van der Waals surface area contributed by atoms with Crippen LogP contribution in [0, 0.1) is 19.8 Å². The lowest BCUT2D eigenvalue weighted by Crippen LogP contribution is -2.49. The van der Waals surface area contributed by atoms with E-state index in [-0.39, 0.29) is 17.7 Å². The minimum Gasteiger partial charge on any atom is -0.381 e. The fraction of sp³-hybridized carbons (Fsp3) is 0.619. The highest BCUT2D eigenvalue weighted by Gasteiger charge is 2.31. The third kappa shape index (κ3) is 4.37. The molecule has 0 radical (unpaired) electrons. The average Bonchev–Trinajstić information content (AvgIpc) is 2.64. The van der Waals surface area contributed by atoms with Crippen LogP contribution >= 0.6 is 0 Å². The summed E-state index contributed by atoms with van der Waals surface area (Å²) in [4.78, 5) is 28.3. The van der Waals surface area contributed by atoms with Gasteiger partial charge in [0.05, 0.1) is 0 Å². The number of likely N-dealkylation sites (tertiary alicyclic amines) is 2. The van der Waals surface area contributed by atoms with Gasteiger partial charge in [0, 0.05) is 50.7 Å². The van der Waals surface area contributed by atoms with Crippen LogP contribution in [0.25, 0.3) is 0 Å². The zero-order valence-corrected chi connectivity index (χ0v) is 16.3. The SMILES string of the molecule is CC(=O)N1CCC(C(=O)N2CCC[C@H](Nc3ccc(C)c(C)c3)C2)CC1. The van der Waals surface area contributed by atoms with Gasteiger partial charge in [0.25, 0.3) is 0 Å². The third-order valence-electron chi connectivity index (χ3n) is 5.90. The first kappa shape index (κ1) is 18.7. The molecule has 0 unspecified atom stereocenters. The number of nitrogens with zero attached hydrogens (tertiary/aromatic N) is 2. The average molecular weight is 357 g/mol. The molecule has 2 fully saturated rings. The number of carbonyl (C=O) groups is 2. The standard InChI is InChI=1S/C21H31N3O2/c1-15-6-7-19(13-16(15)2)22-20-5-4-10-24(14-20)21(26)18-8-11-23(12-9-18)17(3)25/h6-7,13,18,20,22H,4-5,8-12,14H2,1-3H3/t20-/m0/s1. The van der Waals surface area contributed by atoms with Gasteiger partial charge in [0.1, 0.15) is 0 Å². The molecule has 2 saturated heterocycles. The van der Waals surface area contributed by atoms with Gasteiger partial charge in [-0.3, -0.25) is 9.59 Å². The molecule has 5 heteroatoms. The molecule has 2 heterocycles. The number of carbonyl (C=O) groups excluding carboxylic acids is 2. The van der Waals surface area contributed by atoms with E-state index in [9.17, 15) is 9.59 Å². The molecule has 3 rings (SSSR count). The molecule has 5 nitrogen and oxygen atoms in total. The molecule has 0 aliphatic carbocycles. The predicted molar refractivity (Wildman–Crippen MR) is 104 cm³/mol. The van der Waals surface area contributed by atoms with E-state index in [0.29, 0.717) is 19.1 Å². The molecular weight excluding hydrogens is 326 g/mol. The molecular formula is C21H31N3O2. The van der Waals surface area contributed by atoms with Crippen molar-refractivity contribution in [3.8, 4) is 0 Å². The number of hydrogen-bond donors (Lipinski definition) is 1. The molecule has 0 saturated carbocycles. The van der Waals surface area contributed by atoms with Crippen molar-refractivity contribution in [3.63, 3.8) is 0 Å². The van der Waals surface area contributed by atoms with Crippen molar-refractivity contribution < 1.29 is 9.59 Å². The zero-order valence-electron chi connectivity index (χ0n) is 16.3. The van der Waals surface area contributed by atoms with Gasteiger partial charge in [0.15, 0.2) is 0 Å². The van der Waals surface area contributed by atoms with E-state index >= 15 is 0 Å². The fourth-order valence-electron chi connectivity index (χ4n) is 4.06. The van der Waals surface area contributed by atoms with Crippen LogP contribution in [0.4, 0.5) is 5.69 Å². The Labute approximate surface area is 156 Å². The summed E-state index contributed by atoms with van der Waals surface area (Å²) in [6, 6.07) is 6.77. The minimum absolute atomic E-state index is 0.0750. The summed E-state index contributed by atoms with van der Waals surface area (Å²) in [6.45, 7) is 8.92. The quantitative estimate of drug-likeness (QED) is 0.905. The lowest BCUT2D eigenvalue weighted by Gasteiger charge is -2.38. The maximum absolute atomic E-state index is 12.9. The van der Waals surface area contributed by atoms with E-state index in [0.717, 1.165) is 44.5 Å². The summed E-state index contributed by atoms with van der Waals surface area (Å²) in [5.74, 6) is 0.470.